The van der Waals surface area contributed by atoms with Gasteiger partial charge in [0, 0.05) is 17.8 Å². The third kappa shape index (κ3) is 3.01. The van der Waals surface area contributed by atoms with E-state index in [2.05, 4.69) is 56.9 Å². The van der Waals surface area contributed by atoms with Crippen LogP contribution in [0.25, 0.3) is 0 Å². The maximum Gasteiger partial charge on any atom is 0.0664 e. The second-order valence-corrected chi connectivity index (χ2v) is 6.80. The molecule has 1 aromatic rings. The predicted octanol–water partition coefficient (Wildman–Crippen LogP) is 4.16. The second-order valence-electron chi connectivity index (χ2n) is 6.80. The molecular formula is C18H29NO. The number of nitrogens with zero attached hydrogens (tertiary/aromatic N) is 1. The van der Waals surface area contributed by atoms with Gasteiger partial charge in [-0.2, -0.15) is 0 Å². The Morgan fingerprint density at radius 2 is 1.80 bits per heavy atom. The topological polar surface area (TPSA) is 23.5 Å². The molecule has 0 saturated heterocycles. The van der Waals surface area contributed by atoms with Gasteiger partial charge in [-0.05, 0) is 57.6 Å². The minimum Gasteiger partial charge on any atom is -0.390 e. The number of aliphatic hydroxyl groups is 1. The second kappa shape index (κ2) is 5.77. The summed E-state index contributed by atoms with van der Waals surface area (Å²) in [5.41, 5.74) is 2.24. The molecule has 2 heteroatoms. The molecule has 112 valence electrons. The Morgan fingerprint density at radius 3 is 2.45 bits per heavy atom. The summed E-state index contributed by atoms with van der Waals surface area (Å²) in [6.45, 7) is 9.80. The van der Waals surface area contributed by atoms with E-state index in [1.54, 1.807) is 0 Å². The average molecular weight is 275 g/mol. The summed E-state index contributed by atoms with van der Waals surface area (Å²) >= 11 is 0. The third-order valence-electron chi connectivity index (χ3n) is 4.92. The molecule has 0 unspecified atom stereocenters. The summed E-state index contributed by atoms with van der Waals surface area (Å²) in [5, 5.41) is 10.7. The van der Waals surface area contributed by atoms with Gasteiger partial charge in [-0.15, -0.1) is 0 Å². The highest BCUT2D eigenvalue weighted by Crippen LogP contribution is 2.37. The van der Waals surface area contributed by atoms with Crippen molar-refractivity contribution < 1.29 is 5.11 Å². The van der Waals surface area contributed by atoms with Crippen molar-refractivity contribution in [2.45, 2.75) is 70.9 Å². The molecule has 0 aromatic heterocycles. The summed E-state index contributed by atoms with van der Waals surface area (Å²) in [4.78, 5) is 2.50. The van der Waals surface area contributed by atoms with Crippen LogP contribution in [0, 0.1) is 0 Å². The number of hydrogen-bond donors (Lipinski definition) is 1. The number of para-hydroxylation sites is 1. The number of hydrogen-bond acceptors (Lipinski definition) is 2. The van der Waals surface area contributed by atoms with E-state index in [1.807, 2.05) is 0 Å². The Bertz CT molecular complexity index is 448. The van der Waals surface area contributed by atoms with Crippen LogP contribution in [-0.4, -0.2) is 22.8 Å². The molecule has 20 heavy (non-hydrogen) atoms. The summed E-state index contributed by atoms with van der Waals surface area (Å²) in [5.74, 6) is 0. The highest BCUT2D eigenvalue weighted by molar-refractivity contribution is 5.57. The van der Waals surface area contributed by atoms with Crippen molar-refractivity contribution in [3.05, 3.63) is 29.8 Å². The van der Waals surface area contributed by atoms with Crippen molar-refractivity contribution in [3.63, 3.8) is 0 Å². The zero-order valence-corrected chi connectivity index (χ0v) is 13.4. The predicted molar refractivity (Wildman–Crippen MR) is 86.3 cm³/mol. The normalized spacial score (nSPS) is 16.1. The minimum atomic E-state index is -0.546. The van der Waals surface area contributed by atoms with E-state index in [0.717, 1.165) is 25.8 Å². The molecule has 0 aliphatic carbocycles. The molecule has 0 spiro atoms. The Kier molecular flexibility index (Phi) is 4.43. The molecule has 2 nitrogen and oxygen atoms in total. The van der Waals surface area contributed by atoms with Crippen LogP contribution >= 0.6 is 0 Å². The lowest BCUT2D eigenvalue weighted by Gasteiger charge is -2.47. The Balaban J connectivity index is 2.27. The average Bonchev–Trinajstić information content (AvgIpc) is 2.46. The number of benzene rings is 1. The van der Waals surface area contributed by atoms with Gasteiger partial charge in [0.05, 0.1) is 5.60 Å². The van der Waals surface area contributed by atoms with Gasteiger partial charge in [0.15, 0.2) is 0 Å². The fraction of sp³-hybridized carbons (Fsp3) is 0.667. The van der Waals surface area contributed by atoms with Crippen LogP contribution in [0.3, 0.4) is 0 Å². The molecule has 0 saturated carbocycles. The van der Waals surface area contributed by atoms with Crippen LogP contribution in [0.2, 0.25) is 0 Å². The smallest absolute Gasteiger partial charge is 0.0664 e. The first-order valence-electron chi connectivity index (χ1n) is 8.00. The molecule has 1 heterocycles. The van der Waals surface area contributed by atoms with Gasteiger partial charge in [0.2, 0.25) is 0 Å². The van der Waals surface area contributed by atoms with Gasteiger partial charge in [-0.3, -0.25) is 0 Å². The zero-order valence-electron chi connectivity index (χ0n) is 13.4. The number of aryl methyl sites for hydroxylation is 1. The first-order valence-corrected chi connectivity index (χ1v) is 8.00. The lowest BCUT2D eigenvalue weighted by molar-refractivity contribution is 0.00569. The molecule has 0 atom stereocenters. The van der Waals surface area contributed by atoms with Gasteiger partial charge < -0.3 is 10.0 Å². The fourth-order valence-corrected chi connectivity index (χ4v) is 3.56. The highest BCUT2D eigenvalue weighted by Gasteiger charge is 2.37. The van der Waals surface area contributed by atoms with E-state index >= 15 is 0 Å². The maximum absolute atomic E-state index is 10.7. The van der Waals surface area contributed by atoms with Gasteiger partial charge >= 0.3 is 0 Å². The fourth-order valence-electron chi connectivity index (χ4n) is 3.56. The van der Waals surface area contributed by atoms with Crippen LogP contribution in [0.1, 0.15) is 58.9 Å². The van der Waals surface area contributed by atoms with Crippen molar-refractivity contribution in [1.82, 2.24) is 0 Å². The lowest BCUT2D eigenvalue weighted by atomic mass is 9.81. The monoisotopic (exact) mass is 275 g/mol. The van der Waals surface area contributed by atoms with Crippen LogP contribution in [0.15, 0.2) is 24.3 Å². The standard InChI is InChI=1S/C18H29NO/c1-5-18(20,6-2)14-17(3,4)19-13-9-11-15-10-7-8-12-16(15)19/h7-8,10,12,20H,5-6,9,11,13-14H2,1-4H3. The lowest BCUT2D eigenvalue weighted by Crippen LogP contribution is -2.51. The maximum atomic E-state index is 10.7. The largest absolute Gasteiger partial charge is 0.390 e. The minimum absolute atomic E-state index is 0.0166. The van der Waals surface area contributed by atoms with Gasteiger partial charge in [-0.25, -0.2) is 0 Å². The van der Waals surface area contributed by atoms with Gasteiger partial charge in [-0.1, -0.05) is 32.0 Å². The Morgan fingerprint density at radius 1 is 1.15 bits per heavy atom. The molecule has 1 aliphatic heterocycles. The van der Waals surface area contributed by atoms with E-state index in [-0.39, 0.29) is 5.54 Å². The quantitative estimate of drug-likeness (QED) is 0.872. The van der Waals surface area contributed by atoms with Crippen molar-refractivity contribution >= 4 is 5.69 Å². The summed E-state index contributed by atoms with van der Waals surface area (Å²) < 4.78 is 0. The molecule has 1 aliphatic rings. The molecule has 1 N–H and O–H groups in total. The number of rotatable bonds is 5. The SMILES string of the molecule is CCC(O)(CC)CC(C)(C)N1CCCc2ccccc21. The molecular weight excluding hydrogens is 246 g/mol. The van der Waals surface area contributed by atoms with Gasteiger partial charge in [0.1, 0.15) is 0 Å². The Labute approximate surface area is 123 Å². The molecule has 0 bridgehead atoms. The highest BCUT2D eigenvalue weighted by atomic mass is 16.3. The van der Waals surface area contributed by atoms with E-state index in [4.69, 9.17) is 0 Å². The third-order valence-corrected chi connectivity index (χ3v) is 4.92. The molecule has 1 aromatic carbocycles. The molecule has 0 fully saturated rings. The zero-order chi connectivity index (χ0) is 14.8. The summed E-state index contributed by atoms with van der Waals surface area (Å²) in [6.07, 6.45) is 4.85. The molecule has 0 amide bonds. The van der Waals surface area contributed by atoms with Crippen LogP contribution in [-0.2, 0) is 6.42 Å². The van der Waals surface area contributed by atoms with Crippen LogP contribution in [0.4, 0.5) is 5.69 Å². The number of fused-ring (bicyclic) bond motifs is 1. The Hall–Kier alpha value is -1.02. The number of anilines is 1. The van der Waals surface area contributed by atoms with Crippen molar-refractivity contribution in [2.24, 2.45) is 0 Å². The first-order chi connectivity index (χ1) is 9.42. The van der Waals surface area contributed by atoms with E-state index in [0.29, 0.717) is 0 Å². The van der Waals surface area contributed by atoms with Crippen LogP contribution in [0.5, 0.6) is 0 Å². The molecule has 0 radical (unpaired) electrons. The summed E-state index contributed by atoms with van der Waals surface area (Å²) in [7, 11) is 0. The van der Waals surface area contributed by atoms with Crippen molar-refractivity contribution in [3.8, 4) is 0 Å². The molecule has 2 rings (SSSR count). The van der Waals surface area contributed by atoms with E-state index in [9.17, 15) is 5.11 Å². The van der Waals surface area contributed by atoms with E-state index in [1.165, 1.54) is 24.1 Å². The van der Waals surface area contributed by atoms with E-state index < -0.39 is 5.60 Å². The van der Waals surface area contributed by atoms with Crippen LogP contribution < -0.4 is 4.90 Å². The summed E-state index contributed by atoms with van der Waals surface area (Å²) in [6, 6.07) is 8.72. The first kappa shape index (κ1) is 15.4. The van der Waals surface area contributed by atoms with Crippen molar-refractivity contribution in [2.75, 3.05) is 11.4 Å². The van der Waals surface area contributed by atoms with Crippen molar-refractivity contribution in [1.29, 1.82) is 0 Å². The van der Waals surface area contributed by atoms with Gasteiger partial charge in [0.25, 0.3) is 0 Å².